The number of rotatable bonds is 8. The number of aryl methyl sites for hydroxylation is 1. The van der Waals surface area contributed by atoms with Crippen molar-refractivity contribution in [2.75, 3.05) is 32.4 Å². The average Bonchev–Trinajstić information content (AvgIpc) is 2.92. The van der Waals surface area contributed by atoms with E-state index in [0.717, 1.165) is 31.3 Å². The van der Waals surface area contributed by atoms with Gasteiger partial charge in [0.1, 0.15) is 0 Å². The smallest absolute Gasteiger partial charge is 0.208 e. The summed E-state index contributed by atoms with van der Waals surface area (Å²) in [5.74, 6) is 0.688. The molecular formula is C17H27N5O2S. The number of nitrogens with one attached hydrogen (secondary N) is 4. The number of H-pyrrole nitrogens is 1. The fourth-order valence-electron chi connectivity index (χ4n) is 2.56. The topological polar surface area (TPSA) is 98.4 Å². The number of fused-ring (bicyclic) bond motifs is 1. The Labute approximate surface area is 149 Å². The van der Waals surface area contributed by atoms with Crippen LogP contribution in [0.4, 0.5) is 0 Å². The highest BCUT2D eigenvalue weighted by atomic mass is 32.2. The SMILES string of the molecule is CCNC(=NCCNS(C)(=O)=O)NCCc1c[nH]c2cc(C)ccc12. The molecule has 0 atom stereocenters. The van der Waals surface area contributed by atoms with Crippen LogP contribution in [0.3, 0.4) is 0 Å². The number of aliphatic imine (C=N–C) groups is 1. The Morgan fingerprint density at radius 2 is 2.04 bits per heavy atom. The highest BCUT2D eigenvalue weighted by Gasteiger charge is 2.04. The minimum absolute atomic E-state index is 0.289. The third-order valence-electron chi connectivity index (χ3n) is 3.70. The van der Waals surface area contributed by atoms with E-state index in [1.807, 2.05) is 13.1 Å². The Bertz CT molecular complexity index is 827. The molecule has 0 saturated carbocycles. The van der Waals surface area contributed by atoms with E-state index in [1.165, 1.54) is 16.5 Å². The van der Waals surface area contributed by atoms with Crippen LogP contribution in [-0.2, 0) is 16.4 Å². The maximum Gasteiger partial charge on any atom is 0.208 e. The number of guanidine groups is 1. The molecule has 0 radical (unpaired) electrons. The molecule has 2 aromatic rings. The maximum absolute atomic E-state index is 11.0. The van der Waals surface area contributed by atoms with E-state index < -0.39 is 10.0 Å². The zero-order chi connectivity index (χ0) is 18.3. The van der Waals surface area contributed by atoms with E-state index in [4.69, 9.17) is 0 Å². The normalized spacial score (nSPS) is 12.5. The lowest BCUT2D eigenvalue weighted by molar-refractivity contribution is 0.588. The number of benzene rings is 1. The molecule has 0 saturated heterocycles. The van der Waals surface area contributed by atoms with Gasteiger partial charge in [-0.15, -0.1) is 0 Å². The highest BCUT2D eigenvalue weighted by molar-refractivity contribution is 7.88. The molecule has 4 N–H and O–H groups in total. The largest absolute Gasteiger partial charge is 0.361 e. The Kier molecular flexibility index (Phi) is 6.83. The summed E-state index contributed by atoms with van der Waals surface area (Å²) in [5.41, 5.74) is 3.66. The molecular weight excluding hydrogens is 338 g/mol. The molecule has 138 valence electrons. The molecule has 0 spiro atoms. The van der Waals surface area contributed by atoms with Gasteiger partial charge in [-0.3, -0.25) is 4.99 Å². The van der Waals surface area contributed by atoms with Crippen LogP contribution in [0.5, 0.6) is 0 Å². The van der Waals surface area contributed by atoms with Gasteiger partial charge in [0.25, 0.3) is 0 Å². The van der Waals surface area contributed by atoms with Gasteiger partial charge in [0.2, 0.25) is 10.0 Å². The van der Waals surface area contributed by atoms with Crippen molar-refractivity contribution in [3.8, 4) is 0 Å². The second-order valence-corrected chi connectivity index (χ2v) is 7.80. The quantitative estimate of drug-likeness (QED) is 0.320. The molecule has 0 aliphatic carbocycles. The molecule has 2 rings (SSSR count). The minimum atomic E-state index is -3.17. The summed E-state index contributed by atoms with van der Waals surface area (Å²) in [5, 5.41) is 7.68. The summed E-state index contributed by atoms with van der Waals surface area (Å²) < 4.78 is 24.5. The molecule has 0 amide bonds. The van der Waals surface area contributed by atoms with E-state index in [0.29, 0.717) is 12.5 Å². The lowest BCUT2D eigenvalue weighted by Gasteiger charge is -2.11. The van der Waals surface area contributed by atoms with E-state index in [2.05, 4.69) is 50.5 Å². The number of aromatic amines is 1. The van der Waals surface area contributed by atoms with Gasteiger partial charge >= 0.3 is 0 Å². The first kappa shape index (κ1) is 19.3. The molecule has 0 fully saturated rings. The van der Waals surface area contributed by atoms with Gasteiger partial charge in [-0.2, -0.15) is 0 Å². The lowest BCUT2D eigenvalue weighted by Crippen LogP contribution is -2.39. The summed E-state index contributed by atoms with van der Waals surface area (Å²) in [4.78, 5) is 7.68. The molecule has 7 nitrogen and oxygen atoms in total. The summed E-state index contributed by atoms with van der Waals surface area (Å²) >= 11 is 0. The van der Waals surface area contributed by atoms with Crippen LogP contribution in [0.2, 0.25) is 0 Å². The van der Waals surface area contributed by atoms with Crippen molar-refractivity contribution in [3.05, 3.63) is 35.5 Å². The van der Waals surface area contributed by atoms with Crippen molar-refractivity contribution in [1.82, 2.24) is 20.3 Å². The number of sulfonamides is 1. The predicted molar refractivity (Wildman–Crippen MR) is 104 cm³/mol. The zero-order valence-corrected chi connectivity index (χ0v) is 15.8. The van der Waals surface area contributed by atoms with Crippen molar-refractivity contribution in [3.63, 3.8) is 0 Å². The molecule has 0 aliphatic rings. The van der Waals surface area contributed by atoms with Crippen LogP contribution >= 0.6 is 0 Å². The van der Waals surface area contributed by atoms with Gasteiger partial charge in [-0.25, -0.2) is 13.1 Å². The van der Waals surface area contributed by atoms with Crippen molar-refractivity contribution in [1.29, 1.82) is 0 Å². The number of hydrogen-bond donors (Lipinski definition) is 4. The maximum atomic E-state index is 11.0. The van der Waals surface area contributed by atoms with Crippen LogP contribution < -0.4 is 15.4 Å². The third kappa shape index (κ3) is 6.39. The molecule has 25 heavy (non-hydrogen) atoms. The van der Waals surface area contributed by atoms with E-state index >= 15 is 0 Å². The van der Waals surface area contributed by atoms with Crippen LogP contribution in [0.25, 0.3) is 10.9 Å². The molecule has 0 unspecified atom stereocenters. The van der Waals surface area contributed by atoms with Crippen molar-refractivity contribution in [2.24, 2.45) is 4.99 Å². The summed E-state index contributed by atoms with van der Waals surface area (Å²) in [6.07, 6.45) is 4.06. The summed E-state index contributed by atoms with van der Waals surface area (Å²) in [6, 6.07) is 6.41. The van der Waals surface area contributed by atoms with Crippen molar-refractivity contribution >= 4 is 26.9 Å². The third-order valence-corrected chi connectivity index (χ3v) is 4.43. The van der Waals surface area contributed by atoms with Gasteiger partial charge in [-0.1, -0.05) is 12.1 Å². The first-order chi connectivity index (χ1) is 11.9. The fraction of sp³-hybridized carbons (Fsp3) is 0.471. The van der Waals surface area contributed by atoms with Crippen LogP contribution in [0.1, 0.15) is 18.1 Å². The average molecular weight is 366 g/mol. The monoisotopic (exact) mass is 365 g/mol. The Balaban J connectivity index is 1.87. The Morgan fingerprint density at radius 3 is 2.76 bits per heavy atom. The molecule has 1 aromatic heterocycles. The number of nitrogens with zero attached hydrogens (tertiary/aromatic N) is 1. The van der Waals surface area contributed by atoms with E-state index in [-0.39, 0.29) is 6.54 Å². The van der Waals surface area contributed by atoms with E-state index in [1.54, 1.807) is 0 Å². The van der Waals surface area contributed by atoms with E-state index in [9.17, 15) is 8.42 Å². The van der Waals surface area contributed by atoms with Crippen molar-refractivity contribution < 1.29 is 8.42 Å². The predicted octanol–water partition coefficient (Wildman–Crippen LogP) is 1.12. The Morgan fingerprint density at radius 1 is 1.24 bits per heavy atom. The van der Waals surface area contributed by atoms with Gasteiger partial charge in [0.05, 0.1) is 12.8 Å². The molecule has 0 bridgehead atoms. The first-order valence-electron chi connectivity index (χ1n) is 8.42. The number of aromatic nitrogens is 1. The summed E-state index contributed by atoms with van der Waals surface area (Å²) in [7, 11) is -3.17. The fourth-order valence-corrected chi connectivity index (χ4v) is 3.03. The van der Waals surface area contributed by atoms with Crippen LogP contribution in [0, 0.1) is 6.92 Å². The van der Waals surface area contributed by atoms with Gasteiger partial charge < -0.3 is 15.6 Å². The second-order valence-electron chi connectivity index (χ2n) is 5.97. The van der Waals surface area contributed by atoms with Crippen molar-refractivity contribution in [2.45, 2.75) is 20.3 Å². The first-order valence-corrected chi connectivity index (χ1v) is 10.3. The minimum Gasteiger partial charge on any atom is -0.361 e. The molecule has 1 aromatic carbocycles. The molecule has 0 aliphatic heterocycles. The Hall–Kier alpha value is -2.06. The molecule has 1 heterocycles. The van der Waals surface area contributed by atoms with Gasteiger partial charge in [0, 0.05) is 36.7 Å². The zero-order valence-electron chi connectivity index (χ0n) is 15.0. The highest BCUT2D eigenvalue weighted by Crippen LogP contribution is 2.19. The standard InChI is InChI=1S/C17H27N5O2S/c1-4-18-17(20-9-10-22-25(3,23)24)19-8-7-14-12-21-16-11-13(2)5-6-15(14)16/h5-6,11-12,21-22H,4,7-10H2,1-3H3,(H2,18,19,20). The summed E-state index contributed by atoms with van der Waals surface area (Å²) in [6.45, 7) is 6.24. The number of hydrogen-bond acceptors (Lipinski definition) is 3. The lowest BCUT2D eigenvalue weighted by atomic mass is 10.1. The second kappa shape index (κ2) is 8.87. The van der Waals surface area contributed by atoms with Gasteiger partial charge in [-0.05, 0) is 37.5 Å². The van der Waals surface area contributed by atoms with Crippen LogP contribution in [-0.4, -0.2) is 51.8 Å². The van der Waals surface area contributed by atoms with Crippen LogP contribution in [0.15, 0.2) is 29.4 Å². The van der Waals surface area contributed by atoms with Gasteiger partial charge in [0.15, 0.2) is 5.96 Å². The molecule has 8 heteroatoms.